The number of piperidine rings is 1. The highest BCUT2D eigenvalue weighted by Gasteiger charge is 2.26. The third-order valence-corrected chi connectivity index (χ3v) is 4.32. The van der Waals surface area contributed by atoms with Gasteiger partial charge in [0.05, 0.1) is 12.5 Å². The van der Waals surface area contributed by atoms with Crippen LogP contribution < -0.4 is 10.1 Å². The van der Waals surface area contributed by atoms with Gasteiger partial charge in [-0.1, -0.05) is 19.1 Å². The van der Waals surface area contributed by atoms with Crippen LogP contribution in [-0.4, -0.2) is 43.0 Å². The molecule has 0 unspecified atom stereocenters. The molecule has 1 heterocycles. The van der Waals surface area contributed by atoms with Crippen LogP contribution in [0.2, 0.25) is 0 Å². The van der Waals surface area contributed by atoms with E-state index in [-0.39, 0.29) is 17.7 Å². The van der Waals surface area contributed by atoms with E-state index < -0.39 is 0 Å². The molecule has 1 fully saturated rings. The molecule has 5 heteroatoms. The van der Waals surface area contributed by atoms with Gasteiger partial charge in [0.2, 0.25) is 11.8 Å². The number of carbonyl (C=O) groups is 2. The molecule has 1 aliphatic rings. The van der Waals surface area contributed by atoms with Gasteiger partial charge in [-0.3, -0.25) is 9.59 Å². The van der Waals surface area contributed by atoms with Crippen molar-refractivity contribution in [3.8, 4) is 5.75 Å². The number of ether oxygens (including phenoxy) is 1. The Bertz CT molecular complexity index is 559. The standard InChI is InChI=1S/C19H28N2O3/c1-3-12-24-18-8-4-6-16(13-18)9-10-20-19(23)17-7-5-11-21(14-17)15(2)22/h4,6,8,13,17H,3,5,7,9-12,14H2,1-2H3,(H,20,23)/t17-/m1/s1. The first-order valence-electron chi connectivity index (χ1n) is 8.85. The van der Waals surface area contributed by atoms with Crippen molar-refractivity contribution in [2.24, 2.45) is 5.92 Å². The minimum Gasteiger partial charge on any atom is -0.494 e. The molecule has 24 heavy (non-hydrogen) atoms. The Kier molecular flexibility index (Phi) is 7.09. The first-order valence-corrected chi connectivity index (χ1v) is 8.85. The molecule has 0 saturated carbocycles. The van der Waals surface area contributed by atoms with Gasteiger partial charge < -0.3 is 15.0 Å². The smallest absolute Gasteiger partial charge is 0.224 e. The van der Waals surface area contributed by atoms with Crippen LogP contribution in [0.4, 0.5) is 0 Å². The molecule has 1 aliphatic heterocycles. The van der Waals surface area contributed by atoms with E-state index in [0.29, 0.717) is 19.7 Å². The first kappa shape index (κ1) is 18.3. The summed E-state index contributed by atoms with van der Waals surface area (Å²) in [4.78, 5) is 25.5. The summed E-state index contributed by atoms with van der Waals surface area (Å²) in [5, 5.41) is 3.01. The lowest BCUT2D eigenvalue weighted by atomic mass is 9.97. The Morgan fingerprint density at radius 2 is 2.21 bits per heavy atom. The van der Waals surface area contributed by atoms with Crippen LogP contribution in [0.5, 0.6) is 5.75 Å². The Balaban J connectivity index is 1.77. The highest BCUT2D eigenvalue weighted by atomic mass is 16.5. The third kappa shape index (κ3) is 5.55. The minimum atomic E-state index is -0.0816. The zero-order valence-electron chi connectivity index (χ0n) is 14.7. The third-order valence-electron chi connectivity index (χ3n) is 4.32. The van der Waals surface area contributed by atoms with Crippen LogP contribution in [0, 0.1) is 5.92 Å². The summed E-state index contributed by atoms with van der Waals surface area (Å²) >= 11 is 0. The van der Waals surface area contributed by atoms with Crippen LogP contribution in [-0.2, 0) is 16.0 Å². The first-order chi connectivity index (χ1) is 11.6. The summed E-state index contributed by atoms with van der Waals surface area (Å²) in [5.74, 6) is 0.905. The lowest BCUT2D eigenvalue weighted by Crippen LogP contribution is -2.45. The van der Waals surface area contributed by atoms with E-state index in [1.54, 1.807) is 11.8 Å². The van der Waals surface area contributed by atoms with Gasteiger partial charge in [0.15, 0.2) is 0 Å². The van der Waals surface area contributed by atoms with Crippen molar-refractivity contribution in [3.05, 3.63) is 29.8 Å². The van der Waals surface area contributed by atoms with E-state index in [4.69, 9.17) is 4.74 Å². The van der Waals surface area contributed by atoms with E-state index >= 15 is 0 Å². The van der Waals surface area contributed by atoms with E-state index in [9.17, 15) is 9.59 Å². The largest absolute Gasteiger partial charge is 0.494 e. The fourth-order valence-electron chi connectivity index (χ4n) is 2.96. The van der Waals surface area contributed by atoms with Crippen molar-refractivity contribution in [1.82, 2.24) is 10.2 Å². The molecule has 1 N–H and O–H groups in total. The zero-order chi connectivity index (χ0) is 17.4. The molecule has 0 radical (unpaired) electrons. The summed E-state index contributed by atoms with van der Waals surface area (Å²) in [6, 6.07) is 8.01. The Morgan fingerprint density at radius 3 is 2.96 bits per heavy atom. The number of carbonyl (C=O) groups excluding carboxylic acids is 2. The second-order valence-electron chi connectivity index (χ2n) is 6.34. The molecule has 1 aromatic carbocycles. The van der Waals surface area contributed by atoms with Crippen LogP contribution in [0.3, 0.4) is 0 Å². The van der Waals surface area contributed by atoms with Gasteiger partial charge in [-0.15, -0.1) is 0 Å². The monoisotopic (exact) mass is 332 g/mol. The van der Waals surface area contributed by atoms with Gasteiger partial charge in [-0.25, -0.2) is 0 Å². The molecule has 0 aliphatic carbocycles. The van der Waals surface area contributed by atoms with Crippen LogP contribution in [0.1, 0.15) is 38.7 Å². The molecule has 1 saturated heterocycles. The molecule has 2 rings (SSSR count). The van der Waals surface area contributed by atoms with E-state index in [1.807, 2.05) is 24.3 Å². The van der Waals surface area contributed by atoms with E-state index in [2.05, 4.69) is 12.2 Å². The minimum absolute atomic E-state index is 0.0522. The van der Waals surface area contributed by atoms with Gasteiger partial charge >= 0.3 is 0 Å². The number of hydrogen-bond donors (Lipinski definition) is 1. The van der Waals surface area contributed by atoms with Gasteiger partial charge in [0, 0.05) is 26.6 Å². The highest BCUT2D eigenvalue weighted by molar-refractivity contribution is 5.80. The van der Waals surface area contributed by atoms with Crippen molar-refractivity contribution in [2.75, 3.05) is 26.2 Å². The normalized spacial score (nSPS) is 17.4. The number of nitrogens with one attached hydrogen (secondary N) is 1. The van der Waals surface area contributed by atoms with Crippen LogP contribution >= 0.6 is 0 Å². The maximum Gasteiger partial charge on any atom is 0.224 e. The average Bonchev–Trinajstić information content (AvgIpc) is 2.60. The summed E-state index contributed by atoms with van der Waals surface area (Å²) in [7, 11) is 0. The molecule has 2 amide bonds. The summed E-state index contributed by atoms with van der Waals surface area (Å²) < 4.78 is 5.63. The number of benzene rings is 1. The lowest BCUT2D eigenvalue weighted by molar-refractivity contribution is -0.133. The van der Waals surface area contributed by atoms with Gasteiger partial charge in [0.1, 0.15) is 5.75 Å². The molecular weight excluding hydrogens is 304 g/mol. The topological polar surface area (TPSA) is 58.6 Å². The Morgan fingerprint density at radius 1 is 1.38 bits per heavy atom. The van der Waals surface area contributed by atoms with Gasteiger partial charge in [0.25, 0.3) is 0 Å². The maximum atomic E-state index is 12.3. The molecule has 132 valence electrons. The number of likely N-dealkylation sites (tertiary alicyclic amines) is 1. The SMILES string of the molecule is CCCOc1cccc(CCNC(=O)[C@@H]2CCCN(C(C)=O)C2)c1. The van der Waals surface area contributed by atoms with Gasteiger partial charge in [-0.2, -0.15) is 0 Å². The predicted molar refractivity (Wildman–Crippen MR) is 93.9 cm³/mol. The van der Waals surface area contributed by atoms with E-state index in [1.165, 1.54) is 0 Å². The summed E-state index contributed by atoms with van der Waals surface area (Å²) in [5.41, 5.74) is 1.15. The predicted octanol–water partition coefficient (Wildman–Crippen LogP) is 2.39. The van der Waals surface area contributed by atoms with Crippen molar-refractivity contribution in [3.63, 3.8) is 0 Å². The Hall–Kier alpha value is -2.04. The molecule has 1 atom stereocenters. The average molecular weight is 332 g/mol. The highest BCUT2D eigenvalue weighted by Crippen LogP contribution is 2.17. The summed E-state index contributed by atoms with van der Waals surface area (Å²) in [6.45, 7) is 6.28. The molecular formula is C19H28N2O3. The molecule has 1 aromatic rings. The number of amides is 2. The second kappa shape index (κ2) is 9.30. The lowest BCUT2D eigenvalue weighted by Gasteiger charge is -2.31. The fourth-order valence-corrected chi connectivity index (χ4v) is 2.96. The summed E-state index contributed by atoms with van der Waals surface area (Å²) in [6.07, 6.45) is 3.52. The Labute approximate surface area is 144 Å². The fraction of sp³-hybridized carbons (Fsp3) is 0.579. The second-order valence-corrected chi connectivity index (χ2v) is 6.34. The molecule has 0 aromatic heterocycles. The maximum absolute atomic E-state index is 12.3. The molecule has 5 nitrogen and oxygen atoms in total. The van der Waals surface area contributed by atoms with E-state index in [0.717, 1.165) is 43.5 Å². The quantitative estimate of drug-likeness (QED) is 0.834. The zero-order valence-corrected chi connectivity index (χ0v) is 14.7. The van der Waals surface area contributed by atoms with Crippen LogP contribution in [0.15, 0.2) is 24.3 Å². The van der Waals surface area contributed by atoms with Crippen molar-refractivity contribution in [2.45, 2.75) is 39.5 Å². The molecule has 0 bridgehead atoms. The van der Waals surface area contributed by atoms with Crippen LogP contribution in [0.25, 0.3) is 0 Å². The molecule has 0 spiro atoms. The number of rotatable bonds is 7. The number of hydrogen-bond acceptors (Lipinski definition) is 3. The van der Waals surface area contributed by atoms with Crippen molar-refractivity contribution >= 4 is 11.8 Å². The van der Waals surface area contributed by atoms with Crippen molar-refractivity contribution < 1.29 is 14.3 Å². The van der Waals surface area contributed by atoms with Crippen molar-refractivity contribution in [1.29, 1.82) is 0 Å². The van der Waals surface area contributed by atoms with Gasteiger partial charge in [-0.05, 0) is 43.4 Å². The number of nitrogens with zero attached hydrogens (tertiary/aromatic N) is 1.